The number of benzene rings is 3. The van der Waals surface area contributed by atoms with E-state index in [2.05, 4.69) is 0 Å². The maximum Gasteiger partial charge on any atom is 0.266 e. The highest BCUT2D eigenvalue weighted by Gasteiger charge is 2.44. The van der Waals surface area contributed by atoms with E-state index in [1.54, 1.807) is 16.4 Å². The van der Waals surface area contributed by atoms with Gasteiger partial charge in [0.1, 0.15) is 5.84 Å². The molecule has 0 saturated heterocycles. The summed E-state index contributed by atoms with van der Waals surface area (Å²) in [5, 5.41) is 0. The van der Waals surface area contributed by atoms with Gasteiger partial charge in [0.05, 0.1) is 17.0 Å². The van der Waals surface area contributed by atoms with Crippen LogP contribution in [0.5, 0.6) is 0 Å². The number of fused-ring (bicyclic) bond motifs is 1. The van der Waals surface area contributed by atoms with Gasteiger partial charge in [0.15, 0.2) is 0 Å². The summed E-state index contributed by atoms with van der Waals surface area (Å²) in [6.07, 6.45) is 5.56. The Bertz CT molecular complexity index is 1230. The Balaban J connectivity index is 1.72. The molecule has 0 spiro atoms. The van der Waals surface area contributed by atoms with Gasteiger partial charge in [0, 0.05) is 5.56 Å². The van der Waals surface area contributed by atoms with E-state index in [9.17, 15) is 8.42 Å². The maximum absolute atomic E-state index is 14.1. The summed E-state index contributed by atoms with van der Waals surface area (Å²) in [6.45, 7) is 1.96. The van der Waals surface area contributed by atoms with E-state index in [1.807, 2.05) is 73.7 Å². The van der Waals surface area contributed by atoms with Gasteiger partial charge >= 0.3 is 0 Å². The summed E-state index contributed by atoms with van der Waals surface area (Å²) in [7, 11) is -3.82. The Morgan fingerprint density at radius 3 is 2.19 bits per heavy atom. The summed E-state index contributed by atoms with van der Waals surface area (Å²) in [5.41, 5.74) is 3.89. The summed E-state index contributed by atoms with van der Waals surface area (Å²) in [6, 6.07) is 24.7. The molecule has 0 bridgehead atoms. The van der Waals surface area contributed by atoms with E-state index < -0.39 is 16.1 Å². The fourth-order valence-corrected chi connectivity index (χ4v) is 6.44. The standard InChI is InChI=1S/C27H28N2O2S/c1-20-16-18-23(19-17-20)32(30,31)29-26(21-10-4-2-5-11-21)24-14-8-9-15-25(24)27(29)28-22-12-6-3-7-13-22/h2,4-5,8-11,14-19,22,26H,3,6-7,12-13H2,1H3. The minimum absolute atomic E-state index is 0.164. The van der Waals surface area contributed by atoms with Gasteiger partial charge in [-0.25, -0.2) is 12.7 Å². The van der Waals surface area contributed by atoms with Crippen molar-refractivity contribution >= 4 is 15.9 Å². The summed E-state index contributed by atoms with van der Waals surface area (Å²) < 4.78 is 29.8. The third kappa shape index (κ3) is 3.75. The van der Waals surface area contributed by atoms with E-state index >= 15 is 0 Å². The monoisotopic (exact) mass is 444 g/mol. The molecule has 0 N–H and O–H groups in total. The average molecular weight is 445 g/mol. The lowest BCUT2D eigenvalue weighted by Gasteiger charge is -2.28. The molecule has 164 valence electrons. The number of aliphatic imine (C=N–C) groups is 1. The predicted octanol–water partition coefficient (Wildman–Crippen LogP) is 5.87. The third-order valence-electron chi connectivity index (χ3n) is 6.51. The van der Waals surface area contributed by atoms with Crippen LogP contribution in [0.15, 0.2) is 88.8 Å². The molecule has 5 rings (SSSR count). The lowest BCUT2D eigenvalue weighted by atomic mass is 9.96. The van der Waals surface area contributed by atoms with Gasteiger partial charge in [-0.05, 0) is 43.0 Å². The highest BCUT2D eigenvalue weighted by molar-refractivity contribution is 7.89. The number of hydrogen-bond donors (Lipinski definition) is 0. The van der Waals surface area contributed by atoms with Crippen molar-refractivity contribution in [2.75, 3.05) is 0 Å². The highest BCUT2D eigenvalue weighted by Crippen LogP contribution is 2.43. The molecule has 2 aliphatic rings. The Morgan fingerprint density at radius 2 is 1.47 bits per heavy atom. The minimum Gasteiger partial charge on any atom is -0.264 e. The van der Waals surface area contributed by atoms with Crippen LogP contribution >= 0.6 is 0 Å². The molecular formula is C27H28N2O2S. The van der Waals surface area contributed by atoms with Crippen molar-refractivity contribution in [3.8, 4) is 0 Å². The molecule has 5 heteroatoms. The molecule has 1 saturated carbocycles. The van der Waals surface area contributed by atoms with Crippen molar-refractivity contribution in [3.05, 3.63) is 101 Å². The van der Waals surface area contributed by atoms with Crippen LogP contribution in [0.4, 0.5) is 0 Å². The molecular weight excluding hydrogens is 416 g/mol. The fourth-order valence-electron chi connectivity index (χ4n) is 4.84. The van der Waals surface area contributed by atoms with E-state index in [-0.39, 0.29) is 6.04 Å². The molecule has 1 aliphatic carbocycles. The summed E-state index contributed by atoms with van der Waals surface area (Å²) in [4.78, 5) is 5.41. The van der Waals surface area contributed by atoms with Crippen LogP contribution in [0.25, 0.3) is 0 Å². The number of hydrogen-bond acceptors (Lipinski definition) is 3. The van der Waals surface area contributed by atoms with E-state index in [0.717, 1.165) is 47.9 Å². The van der Waals surface area contributed by atoms with Gasteiger partial charge in [0.2, 0.25) is 0 Å². The van der Waals surface area contributed by atoms with Crippen molar-refractivity contribution in [1.29, 1.82) is 0 Å². The second-order valence-corrected chi connectivity index (χ2v) is 10.6. The second kappa shape index (κ2) is 8.55. The molecule has 0 radical (unpaired) electrons. The molecule has 1 aliphatic heterocycles. The van der Waals surface area contributed by atoms with Gasteiger partial charge < -0.3 is 0 Å². The fraction of sp³-hybridized carbons (Fsp3) is 0.296. The smallest absolute Gasteiger partial charge is 0.264 e. The van der Waals surface area contributed by atoms with Crippen molar-refractivity contribution in [1.82, 2.24) is 4.31 Å². The van der Waals surface area contributed by atoms with Crippen LogP contribution in [0.3, 0.4) is 0 Å². The van der Waals surface area contributed by atoms with Crippen molar-refractivity contribution in [3.63, 3.8) is 0 Å². The van der Waals surface area contributed by atoms with Crippen molar-refractivity contribution in [2.24, 2.45) is 4.99 Å². The van der Waals surface area contributed by atoms with Gasteiger partial charge in [-0.15, -0.1) is 0 Å². The lowest BCUT2D eigenvalue weighted by molar-refractivity contribution is 0.436. The number of rotatable bonds is 4. The molecule has 1 heterocycles. The van der Waals surface area contributed by atoms with Crippen LogP contribution in [-0.2, 0) is 10.0 Å². The van der Waals surface area contributed by atoms with Crippen LogP contribution in [0, 0.1) is 6.92 Å². The van der Waals surface area contributed by atoms with Gasteiger partial charge in [-0.3, -0.25) is 4.99 Å². The molecule has 1 fully saturated rings. The predicted molar refractivity (Wildman–Crippen MR) is 128 cm³/mol. The number of nitrogens with zero attached hydrogens (tertiary/aromatic N) is 2. The minimum atomic E-state index is -3.82. The first kappa shape index (κ1) is 21.0. The highest BCUT2D eigenvalue weighted by atomic mass is 32.2. The van der Waals surface area contributed by atoms with Crippen molar-refractivity contribution < 1.29 is 8.42 Å². The largest absolute Gasteiger partial charge is 0.266 e. The van der Waals surface area contributed by atoms with E-state index in [0.29, 0.717) is 10.7 Å². The van der Waals surface area contributed by atoms with Gasteiger partial charge in [-0.1, -0.05) is 91.6 Å². The second-order valence-electron chi connectivity index (χ2n) is 8.76. The maximum atomic E-state index is 14.1. The topological polar surface area (TPSA) is 49.7 Å². The zero-order valence-electron chi connectivity index (χ0n) is 18.3. The summed E-state index contributed by atoms with van der Waals surface area (Å²) >= 11 is 0. The number of aryl methyl sites for hydroxylation is 1. The van der Waals surface area contributed by atoms with Gasteiger partial charge in [-0.2, -0.15) is 0 Å². The number of sulfonamides is 1. The molecule has 3 aromatic rings. The first-order valence-corrected chi connectivity index (χ1v) is 12.8. The van der Waals surface area contributed by atoms with Crippen LogP contribution < -0.4 is 0 Å². The molecule has 1 unspecified atom stereocenters. The quantitative estimate of drug-likeness (QED) is 0.505. The molecule has 0 amide bonds. The summed E-state index contributed by atoms with van der Waals surface area (Å²) in [5.74, 6) is 0.585. The lowest BCUT2D eigenvalue weighted by Crippen LogP contribution is -2.36. The Labute approximate surface area is 190 Å². The number of amidine groups is 1. The molecule has 1 atom stereocenters. The molecule has 32 heavy (non-hydrogen) atoms. The normalized spacial score (nSPS) is 20.5. The zero-order chi connectivity index (χ0) is 22.1. The van der Waals surface area contributed by atoms with Crippen LogP contribution in [0.2, 0.25) is 0 Å². The molecule has 0 aromatic heterocycles. The van der Waals surface area contributed by atoms with Crippen molar-refractivity contribution in [2.45, 2.75) is 56.0 Å². The molecule has 3 aromatic carbocycles. The van der Waals surface area contributed by atoms with Crippen LogP contribution in [-0.4, -0.2) is 24.6 Å². The Kier molecular flexibility index (Phi) is 5.60. The first-order valence-electron chi connectivity index (χ1n) is 11.4. The third-order valence-corrected chi connectivity index (χ3v) is 8.28. The SMILES string of the molecule is Cc1ccc(S(=O)(=O)N2C(=NC3CCCCC3)c3ccccc3C2c2ccccc2)cc1. The van der Waals surface area contributed by atoms with Crippen LogP contribution in [0.1, 0.15) is 60.4 Å². The van der Waals surface area contributed by atoms with E-state index in [4.69, 9.17) is 4.99 Å². The Morgan fingerprint density at radius 1 is 0.812 bits per heavy atom. The first-order chi connectivity index (χ1) is 15.6. The zero-order valence-corrected chi connectivity index (χ0v) is 19.1. The van der Waals surface area contributed by atoms with E-state index in [1.165, 1.54) is 6.42 Å². The van der Waals surface area contributed by atoms with Gasteiger partial charge in [0.25, 0.3) is 10.0 Å². The molecule has 4 nitrogen and oxygen atoms in total. The average Bonchev–Trinajstić information content (AvgIpc) is 3.15. The Hall–Kier alpha value is -2.92.